The van der Waals surface area contributed by atoms with Gasteiger partial charge in [-0.1, -0.05) is 48.7 Å². The van der Waals surface area contributed by atoms with Crippen LogP contribution in [-0.2, 0) is 0 Å². The third-order valence-corrected chi connectivity index (χ3v) is 3.33. The highest BCUT2D eigenvalue weighted by Crippen LogP contribution is 2.36. The van der Waals surface area contributed by atoms with Crippen molar-refractivity contribution in [3.05, 3.63) is 39.5 Å². The predicted molar refractivity (Wildman–Crippen MR) is 75.4 cm³/mol. The van der Waals surface area contributed by atoms with E-state index in [1.807, 2.05) is 13.8 Å². The van der Waals surface area contributed by atoms with E-state index in [9.17, 15) is 4.39 Å². The number of hydrogen-bond acceptors (Lipinski definition) is 1. The Morgan fingerprint density at radius 2 is 2.06 bits per heavy atom. The van der Waals surface area contributed by atoms with Crippen LogP contribution in [0, 0.1) is 5.41 Å². The lowest BCUT2D eigenvalue weighted by Crippen LogP contribution is -2.19. The second-order valence-corrected chi connectivity index (χ2v) is 5.53. The third-order valence-electron chi connectivity index (χ3n) is 2.60. The lowest BCUT2D eigenvalue weighted by atomic mass is 9.88. The van der Waals surface area contributed by atoms with Gasteiger partial charge in [-0.3, -0.25) is 4.39 Å². The smallest absolute Gasteiger partial charge is 0.145 e. The maximum absolute atomic E-state index is 12.5. The molecule has 0 heterocycles. The minimum atomic E-state index is -0.501. The largest absolute Gasteiger partial charge is 0.459 e. The molecule has 0 radical (unpaired) electrons. The Morgan fingerprint density at radius 3 is 2.56 bits per heavy atom. The van der Waals surface area contributed by atoms with E-state index in [0.29, 0.717) is 28.0 Å². The highest BCUT2D eigenvalue weighted by atomic mass is 35.5. The Labute approximate surface area is 121 Å². The van der Waals surface area contributed by atoms with E-state index in [0.717, 1.165) is 0 Å². The van der Waals surface area contributed by atoms with Crippen molar-refractivity contribution in [2.24, 2.45) is 5.41 Å². The van der Waals surface area contributed by atoms with Gasteiger partial charge in [-0.2, -0.15) is 0 Å². The van der Waals surface area contributed by atoms with Gasteiger partial charge >= 0.3 is 0 Å². The first kappa shape index (κ1) is 15.6. The van der Waals surface area contributed by atoms with Crippen LogP contribution in [0.5, 0.6) is 5.75 Å². The molecule has 0 fully saturated rings. The summed E-state index contributed by atoms with van der Waals surface area (Å²) in [7, 11) is 0. The second-order valence-electron chi connectivity index (χ2n) is 4.47. The summed E-state index contributed by atoms with van der Waals surface area (Å²) in [5.41, 5.74) is 0.806. The molecule has 0 saturated carbocycles. The zero-order valence-corrected chi connectivity index (χ0v) is 12.4. The van der Waals surface area contributed by atoms with Gasteiger partial charge in [0.1, 0.15) is 11.5 Å². The van der Waals surface area contributed by atoms with Crippen molar-refractivity contribution in [3.63, 3.8) is 0 Å². The molecular formula is C13H14Cl3FO. The van der Waals surface area contributed by atoms with Crippen molar-refractivity contribution in [1.82, 2.24) is 0 Å². The first-order valence-electron chi connectivity index (χ1n) is 5.40. The van der Waals surface area contributed by atoms with Gasteiger partial charge in [0.2, 0.25) is 0 Å². The van der Waals surface area contributed by atoms with Gasteiger partial charge in [0.25, 0.3) is 0 Å². The van der Waals surface area contributed by atoms with Gasteiger partial charge in [-0.05, 0) is 24.6 Å². The van der Waals surface area contributed by atoms with Crippen LogP contribution >= 0.6 is 34.8 Å². The summed E-state index contributed by atoms with van der Waals surface area (Å²) in [5, 5.41) is 0.904. The lowest BCUT2D eigenvalue weighted by Gasteiger charge is -2.26. The average molecular weight is 312 g/mol. The average Bonchev–Trinajstić information content (AvgIpc) is 2.27. The Balaban J connectivity index is 2.94. The topological polar surface area (TPSA) is 9.23 Å². The van der Waals surface area contributed by atoms with Crippen LogP contribution in [0.4, 0.5) is 4.39 Å². The fourth-order valence-electron chi connectivity index (χ4n) is 1.34. The number of allylic oxidation sites excluding steroid dienone is 1. The van der Waals surface area contributed by atoms with Crippen LogP contribution in [0.25, 0.3) is 0 Å². The van der Waals surface area contributed by atoms with Gasteiger partial charge in [-0.15, -0.1) is 0 Å². The maximum atomic E-state index is 12.5. The molecule has 0 saturated heterocycles. The van der Waals surface area contributed by atoms with Gasteiger partial charge in [0.05, 0.1) is 11.7 Å². The zero-order chi connectivity index (χ0) is 13.8. The lowest BCUT2D eigenvalue weighted by molar-refractivity contribution is 0.239. The van der Waals surface area contributed by atoms with E-state index in [1.165, 1.54) is 5.54 Å². The van der Waals surface area contributed by atoms with Crippen molar-refractivity contribution >= 4 is 34.8 Å². The first-order valence-corrected chi connectivity index (χ1v) is 6.59. The molecule has 1 aromatic rings. The third kappa shape index (κ3) is 4.04. The van der Waals surface area contributed by atoms with E-state index in [1.54, 1.807) is 18.2 Å². The summed E-state index contributed by atoms with van der Waals surface area (Å²) in [5.74, 6) is 0.908. The molecule has 0 aromatic heterocycles. The summed E-state index contributed by atoms with van der Waals surface area (Å²) < 4.78 is 18.1. The summed E-state index contributed by atoms with van der Waals surface area (Å²) in [6.45, 7) is 3.26. The fraction of sp³-hybridized carbons (Fsp3) is 0.385. The number of alkyl halides is 1. The van der Waals surface area contributed by atoms with Crippen LogP contribution in [0.15, 0.2) is 29.5 Å². The molecule has 0 aliphatic rings. The minimum Gasteiger partial charge on any atom is -0.459 e. The predicted octanol–water partition coefficient (Wildman–Crippen LogP) is 5.84. The molecule has 1 rings (SSSR count). The second kappa shape index (κ2) is 6.65. The molecule has 0 atom stereocenters. The minimum absolute atomic E-state index is 0.316. The number of rotatable bonds is 5. The van der Waals surface area contributed by atoms with Crippen molar-refractivity contribution in [2.75, 3.05) is 6.67 Å². The molecule has 0 aliphatic carbocycles. The molecule has 0 spiro atoms. The number of halogens is 4. The number of benzene rings is 1. The van der Waals surface area contributed by atoms with Crippen LogP contribution in [0.2, 0.25) is 10.0 Å². The van der Waals surface area contributed by atoms with Crippen molar-refractivity contribution < 1.29 is 9.13 Å². The fourth-order valence-corrected chi connectivity index (χ4v) is 2.13. The van der Waals surface area contributed by atoms with E-state index < -0.39 is 12.1 Å². The quantitative estimate of drug-likeness (QED) is 0.621. The van der Waals surface area contributed by atoms with Gasteiger partial charge in [0, 0.05) is 16.0 Å². The van der Waals surface area contributed by atoms with Crippen LogP contribution in [-0.4, -0.2) is 6.67 Å². The number of hydrogen-bond donors (Lipinski definition) is 0. The van der Waals surface area contributed by atoms with Crippen LogP contribution < -0.4 is 4.74 Å². The first-order chi connectivity index (χ1) is 8.40. The van der Waals surface area contributed by atoms with Crippen molar-refractivity contribution in [2.45, 2.75) is 20.3 Å². The molecule has 18 heavy (non-hydrogen) atoms. The zero-order valence-electron chi connectivity index (χ0n) is 10.1. The highest BCUT2D eigenvalue weighted by molar-refractivity contribution is 6.35. The summed E-state index contributed by atoms with van der Waals surface area (Å²) in [6, 6.07) is 4.89. The summed E-state index contributed by atoms with van der Waals surface area (Å²) in [6.07, 6.45) is 0.316. The Bertz CT molecular complexity index is 444. The molecule has 5 heteroatoms. The van der Waals surface area contributed by atoms with E-state index >= 15 is 0 Å². The summed E-state index contributed by atoms with van der Waals surface area (Å²) in [4.78, 5) is 0. The number of ether oxygens (including phenoxy) is 1. The van der Waals surface area contributed by atoms with Gasteiger partial charge < -0.3 is 4.74 Å². The molecule has 0 unspecified atom stereocenters. The molecule has 1 nitrogen and oxygen atoms in total. The molecule has 0 N–H and O–H groups in total. The van der Waals surface area contributed by atoms with Gasteiger partial charge in [-0.25, -0.2) is 0 Å². The van der Waals surface area contributed by atoms with Gasteiger partial charge in [0.15, 0.2) is 0 Å². The molecule has 0 bridgehead atoms. The van der Waals surface area contributed by atoms with Crippen molar-refractivity contribution in [1.29, 1.82) is 0 Å². The Morgan fingerprint density at radius 1 is 1.39 bits per heavy atom. The molecule has 100 valence electrons. The summed E-state index contributed by atoms with van der Waals surface area (Å²) >= 11 is 17.5. The van der Waals surface area contributed by atoms with E-state index in [-0.39, 0.29) is 0 Å². The Kier molecular flexibility index (Phi) is 5.77. The maximum Gasteiger partial charge on any atom is 0.145 e. The Hall–Kier alpha value is -0.440. The normalized spacial score (nSPS) is 12.7. The van der Waals surface area contributed by atoms with Crippen LogP contribution in [0.1, 0.15) is 20.3 Å². The molecule has 0 amide bonds. The molecular weight excluding hydrogens is 297 g/mol. The molecule has 1 aromatic carbocycles. The SMILES string of the molecule is CC(C)(CCF)/C(=C/Cl)Oc1ccc(Cl)cc1Cl. The van der Waals surface area contributed by atoms with E-state index in [2.05, 4.69) is 0 Å². The molecule has 0 aliphatic heterocycles. The van der Waals surface area contributed by atoms with E-state index in [4.69, 9.17) is 39.5 Å². The van der Waals surface area contributed by atoms with Crippen LogP contribution in [0.3, 0.4) is 0 Å². The monoisotopic (exact) mass is 310 g/mol. The highest BCUT2D eigenvalue weighted by Gasteiger charge is 2.26. The van der Waals surface area contributed by atoms with Crippen molar-refractivity contribution in [3.8, 4) is 5.75 Å². The standard InChI is InChI=1S/C13H14Cl3FO/c1-13(2,5-6-17)12(8-14)18-11-4-3-9(15)7-10(11)16/h3-4,7-8H,5-6H2,1-2H3/b12-8-.